The van der Waals surface area contributed by atoms with Crippen molar-refractivity contribution in [3.05, 3.63) is 247 Å². The van der Waals surface area contributed by atoms with E-state index in [4.69, 9.17) is 0 Å². The standard InChI is InChI=1S/C82H73B2N5/c1-79(2,3)50-34-38-68-60(42-50)61-43-51(80(4,5)6)35-39-69(61)87(68)56-46-64-58-28-23-29-59-65-47-57(88-70-40-36-52(81(7,8)9)44-62(70)63-45-53(82(10,11)12)37-41-71(63)88)49-75-77(65)84(67-31-20-22-33-73(67)86(75)55-26-17-14-18-27-55)89(78(58)59)83-66-30-19-21-32-72(66)85(74(48-56)76(64)83)54-24-15-13-16-25-54/h13-49H,1-12H3. The maximum absolute atomic E-state index is 2.87. The van der Waals surface area contributed by atoms with Gasteiger partial charge in [0.05, 0.1) is 22.1 Å². The van der Waals surface area contributed by atoms with Crippen LogP contribution in [-0.2, 0) is 21.7 Å². The van der Waals surface area contributed by atoms with E-state index in [9.17, 15) is 0 Å². The van der Waals surface area contributed by atoms with Crippen LogP contribution in [0.3, 0.4) is 0 Å². The summed E-state index contributed by atoms with van der Waals surface area (Å²) in [4.78, 5) is 5.13. The van der Waals surface area contributed by atoms with E-state index in [2.05, 4.69) is 331 Å². The van der Waals surface area contributed by atoms with Crippen molar-refractivity contribution in [2.75, 3.05) is 14.5 Å². The van der Waals surface area contributed by atoms with Crippen molar-refractivity contribution < 1.29 is 0 Å². The normalized spacial score (nSPS) is 14.2. The Balaban J connectivity index is 0.999. The van der Waals surface area contributed by atoms with E-state index in [1.807, 2.05) is 0 Å². The Labute approximate surface area is 524 Å². The minimum atomic E-state index is -0.158. The fourth-order valence-electron chi connectivity index (χ4n) is 15.7. The fraction of sp³-hybridized carbons (Fsp3) is 0.195. The van der Waals surface area contributed by atoms with Crippen molar-refractivity contribution in [2.24, 2.45) is 0 Å². The van der Waals surface area contributed by atoms with Crippen LogP contribution in [-0.4, -0.2) is 22.8 Å². The van der Waals surface area contributed by atoms with Crippen LogP contribution in [0.2, 0.25) is 0 Å². The third kappa shape index (κ3) is 7.82. The molecule has 0 aliphatic carbocycles. The molecular weight excluding hydrogens is 1080 g/mol. The molecule has 17 rings (SSSR count). The van der Waals surface area contributed by atoms with Gasteiger partial charge in [-0.05, 0) is 186 Å². The predicted molar refractivity (Wildman–Crippen MR) is 383 cm³/mol. The average molecular weight is 1150 g/mol. The van der Waals surface area contributed by atoms with Crippen molar-refractivity contribution in [3.63, 3.8) is 0 Å². The maximum atomic E-state index is 2.87. The van der Waals surface area contributed by atoms with E-state index in [0.717, 1.165) is 22.7 Å². The number of anilines is 7. The smallest absolute Gasteiger partial charge is 0.316 e. The Bertz CT molecular complexity index is 4690. The number of nitrogens with zero attached hydrogens (tertiary/aromatic N) is 5. The lowest BCUT2D eigenvalue weighted by Crippen LogP contribution is -2.74. The molecule has 7 heteroatoms. The molecule has 0 fully saturated rings. The van der Waals surface area contributed by atoms with Crippen molar-refractivity contribution in [3.8, 4) is 33.6 Å². The number of hydrogen-bond acceptors (Lipinski definition) is 3. The molecule has 0 N–H and O–H groups in total. The Morgan fingerprint density at radius 2 is 0.596 bits per heavy atom. The highest BCUT2D eigenvalue weighted by Gasteiger charge is 2.54. The molecule has 5 nitrogen and oxygen atoms in total. The Morgan fingerprint density at radius 1 is 0.270 bits per heavy atom. The molecule has 4 aliphatic rings. The summed E-state index contributed by atoms with van der Waals surface area (Å²) in [5, 5.41) is 5.14. The van der Waals surface area contributed by atoms with E-state index in [0.29, 0.717) is 0 Å². The summed E-state index contributed by atoms with van der Waals surface area (Å²) >= 11 is 0. The van der Waals surface area contributed by atoms with E-state index in [1.165, 1.54) is 138 Å². The van der Waals surface area contributed by atoms with Gasteiger partial charge < -0.3 is 23.7 Å². The predicted octanol–water partition coefficient (Wildman–Crippen LogP) is 19.0. The van der Waals surface area contributed by atoms with Crippen molar-refractivity contribution >= 4 is 119 Å². The number of aromatic nitrogens is 2. The summed E-state index contributed by atoms with van der Waals surface area (Å²) in [5.74, 6) is 0. The first-order valence-corrected chi connectivity index (χ1v) is 32.1. The Kier molecular flexibility index (Phi) is 11.2. The van der Waals surface area contributed by atoms with Gasteiger partial charge in [0.15, 0.2) is 0 Å². The van der Waals surface area contributed by atoms with Gasteiger partial charge in [-0.15, -0.1) is 0 Å². The molecule has 0 saturated carbocycles. The van der Waals surface area contributed by atoms with Crippen LogP contribution in [0.1, 0.15) is 105 Å². The van der Waals surface area contributed by atoms with Crippen LogP contribution in [0.4, 0.5) is 39.8 Å². The topological polar surface area (TPSA) is 19.6 Å². The maximum Gasteiger partial charge on any atom is 0.316 e. The molecule has 13 aromatic rings. The number of rotatable bonds is 4. The van der Waals surface area contributed by atoms with Crippen LogP contribution >= 0.6 is 0 Å². The number of para-hydroxylation sites is 5. The second-order valence-corrected chi connectivity index (χ2v) is 29.8. The van der Waals surface area contributed by atoms with Crippen LogP contribution in [0, 0.1) is 0 Å². The average Bonchev–Trinajstić information content (AvgIpc) is 1.02. The fourth-order valence-corrected chi connectivity index (χ4v) is 15.7. The monoisotopic (exact) mass is 1150 g/mol. The van der Waals surface area contributed by atoms with E-state index in [-0.39, 0.29) is 35.4 Å². The van der Waals surface area contributed by atoms with Gasteiger partial charge in [-0.2, -0.15) is 0 Å². The van der Waals surface area contributed by atoms with Gasteiger partial charge >= 0.3 is 13.7 Å². The van der Waals surface area contributed by atoms with Crippen LogP contribution in [0.25, 0.3) is 77.2 Å². The zero-order valence-electron chi connectivity index (χ0n) is 53.3. The molecule has 4 aliphatic heterocycles. The minimum Gasteiger partial charge on any atom is -0.444 e. The van der Waals surface area contributed by atoms with Gasteiger partial charge in [-0.25, -0.2) is 0 Å². The number of hydrogen-bond donors (Lipinski definition) is 0. The van der Waals surface area contributed by atoms with Crippen LogP contribution in [0.15, 0.2) is 224 Å². The molecule has 0 atom stereocenters. The van der Waals surface area contributed by atoms with Gasteiger partial charge in [0.1, 0.15) is 0 Å². The molecule has 0 radical (unpaired) electrons. The molecule has 432 valence electrons. The molecule has 0 unspecified atom stereocenters. The van der Waals surface area contributed by atoms with Crippen LogP contribution in [0.5, 0.6) is 0 Å². The molecular formula is C82H73B2N5. The molecule has 0 saturated heterocycles. The van der Waals surface area contributed by atoms with Crippen molar-refractivity contribution in [1.82, 2.24) is 9.13 Å². The summed E-state index contributed by atoms with van der Waals surface area (Å²) in [6.45, 7) is 27.7. The Morgan fingerprint density at radius 3 is 0.933 bits per heavy atom. The molecule has 0 spiro atoms. The highest BCUT2D eigenvalue weighted by atomic mass is 15.2. The van der Waals surface area contributed by atoms with Gasteiger partial charge in [0.25, 0.3) is 0 Å². The number of fused-ring (bicyclic) bond motifs is 14. The first-order valence-electron chi connectivity index (χ1n) is 32.1. The van der Waals surface area contributed by atoms with Crippen molar-refractivity contribution in [1.29, 1.82) is 0 Å². The van der Waals surface area contributed by atoms with Gasteiger partial charge in [-0.3, -0.25) is 0 Å². The SMILES string of the molecule is CC(C)(C)c1ccc2c(c1)c1cc(C(C)(C)C)ccc1n2-c1cc2c3c(c1)N(c1ccccc1)c1ccccc1B3N1B3c4ccccc4N(c4ccccc4)c4cc(-n5c6ccc(C(C)(C)C)cc6c6cc(C(C)(C)C)ccc65)cc(c43)-c3cccc-2c31. The quantitative estimate of drug-likeness (QED) is 0.164. The van der Waals surface area contributed by atoms with Gasteiger partial charge in [0.2, 0.25) is 0 Å². The second kappa shape index (κ2) is 18.6. The van der Waals surface area contributed by atoms with E-state index in [1.54, 1.807) is 0 Å². The number of benzene rings is 11. The first-order chi connectivity index (χ1) is 42.7. The van der Waals surface area contributed by atoms with E-state index < -0.39 is 0 Å². The van der Waals surface area contributed by atoms with Crippen LogP contribution < -0.4 is 36.4 Å². The Hall–Kier alpha value is -9.45. The summed E-state index contributed by atoms with van der Waals surface area (Å²) in [7, 11) is 0. The summed E-state index contributed by atoms with van der Waals surface area (Å²) in [6.07, 6.45) is 0. The molecule has 0 amide bonds. The van der Waals surface area contributed by atoms with Crippen molar-refractivity contribution in [2.45, 2.75) is 105 Å². The molecule has 11 aromatic carbocycles. The zero-order valence-corrected chi connectivity index (χ0v) is 53.3. The second-order valence-electron chi connectivity index (χ2n) is 29.8. The van der Waals surface area contributed by atoms with E-state index >= 15 is 0 Å². The lowest BCUT2D eigenvalue weighted by atomic mass is 9.32. The van der Waals surface area contributed by atoms with Gasteiger partial charge in [0, 0.05) is 83.9 Å². The molecule has 2 aromatic heterocycles. The lowest BCUT2D eigenvalue weighted by Gasteiger charge is -2.53. The highest BCUT2D eigenvalue weighted by Crippen LogP contribution is 2.54. The molecule has 89 heavy (non-hydrogen) atoms. The molecule has 0 bridgehead atoms. The molecule has 6 heterocycles. The summed E-state index contributed by atoms with van der Waals surface area (Å²) in [5.41, 5.74) is 31.0. The third-order valence-electron chi connectivity index (χ3n) is 20.2. The summed E-state index contributed by atoms with van der Waals surface area (Å²) in [6, 6.07) is 87.1. The first kappa shape index (κ1) is 53.8. The summed E-state index contributed by atoms with van der Waals surface area (Å²) < 4.78 is 8.02. The largest absolute Gasteiger partial charge is 0.444 e. The third-order valence-corrected chi connectivity index (χ3v) is 20.2. The minimum absolute atomic E-state index is 0.0221. The highest BCUT2D eigenvalue weighted by molar-refractivity contribution is 7.09. The van der Waals surface area contributed by atoms with Gasteiger partial charge in [-0.1, -0.05) is 198 Å². The lowest BCUT2D eigenvalue weighted by molar-refractivity contribution is 0.590. The zero-order chi connectivity index (χ0) is 60.9.